The summed E-state index contributed by atoms with van der Waals surface area (Å²) in [4.78, 5) is 176. The van der Waals surface area contributed by atoms with Gasteiger partial charge in [0.25, 0.3) is 0 Å². The highest BCUT2D eigenvalue weighted by atomic mass is 16.5. The van der Waals surface area contributed by atoms with Crippen LogP contribution < -0.4 is 36.6 Å². The molecule has 494 valence electrons. The lowest BCUT2D eigenvalue weighted by Gasteiger charge is -2.36. The van der Waals surface area contributed by atoms with E-state index in [1.807, 2.05) is 0 Å². The van der Waals surface area contributed by atoms with Gasteiger partial charge in [-0.2, -0.15) is 0 Å². The SMILES string of the molecule is C[C@H](NC(=O)[C@H](CC(=O)O)CC(=O)COCCOCCNC(=O)CCC(C(=O)O)N1CCN(CC(=O)[O-])CCN(CC(=O)[O-])CCN(CC(=O)[O-])CC1)C(=O)C[C@@H](Cc1cnc[nH]1)C(=O)N[C@@H](CO)C(=O)C[C@@H](Cc1ccccc1)C(=O)N[C@@H](CO)C(=O)O. The number of carboxylic acids is 6. The number of aliphatic hydroxyl groups excluding tert-OH is 2. The van der Waals surface area contributed by atoms with E-state index in [1.54, 1.807) is 30.3 Å². The maximum atomic E-state index is 13.8. The summed E-state index contributed by atoms with van der Waals surface area (Å²) in [6.45, 7) is -3.01. The predicted molar refractivity (Wildman–Crippen MR) is 299 cm³/mol. The van der Waals surface area contributed by atoms with Crippen molar-refractivity contribution in [1.82, 2.24) is 50.8 Å². The highest BCUT2D eigenvalue weighted by molar-refractivity contribution is 5.97. The predicted octanol–water partition coefficient (Wildman–Crippen LogP) is -8.21. The van der Waals surface area contributed by atoms with Crippen molar-refractivity contribution >= 4 is 76.8 Å². The summed E-state index contributed by atoms with van der Waals surface area (Å²) in [5, 5.41) is 93.0. The Morgan fingerprint density at radius 3 is 1.63 bits per heavy atom. The molecule has 3 rings (SSSR count). The molecule has 33 nitrogen and oxygen atoms in total. The van der Waals surface area contributed by atoms with E-state index in [4.69, 9.17) is 9.47 Å². The first-order chi connectivity index (χ1) is 42.3. The maximum Gasteiger partial charge on any atom is 0.328 e. The van der Waals surface area contributed by atoms with Crippen LogP contribution in [0, 0.1) is 17.8 Å². The number of benzene rings is 1. The lowest BCUT2D eigenvalue weighted by atomic mass is 9.90. The number of nitrogens with zero attached hydrogens (tertiary/aromatic N) is 5. The third-order valence-corrected chi connectivity index (χ3v) is 14.3. The molecular formula is C56H79N10O23-3. The molecule has 1 aromatic heterocycles. The van der Waals surface area contributed by atoms with Gasteiger partial charge in [-0.3, -0.25) is 62.8 Å². The molecule has 1 aliphatic heterocycles. The highest BCUT2D eigenvalue weighted by Crippen LogP contribution is 2.19. The standard InChI is InChI=1S/C56H82N10O23/c1-35(45(70)24-38(22-40-27-57-34-59-40)54(83)61-42(31-67)46(71)25-37(21-36-5-3-2-4-6-36)53(82)62-43(32-68)55(84)85)60-52(81)39(26-48(73)74)23-41(69)33-89-20-19-88-18-9-58-47(72)8-7-44(56(86)87)66-16-14-64(29-50(77)78)12-10-63(28-49(75)76)11-13-65(15-17-66)30-51(79)80/h2-6,27,34-35,37-39,42-44,67-68H,7-26,28-33H2,1H3,(H,57,59)(H,58,72)(H,60,81)(H,61,83)(H,62,82)(H,73,74)(H,75,76)(H,77,78)(H,79,80)(H,84,85)(H,86,87)/p-3/t35-,37+,38+,39-,42-,43-,44?/m0/s1. The molecule has 7 atom stereocenters. The van der Waals surface area contributed by atoms with Crippen LogP contribution in [-0.2, 0) is 84.6 Å². The second kappa shape index (κ2) is 40.4. The first kappa shape index (κ1) is 75.1. The first-order valence-corrected chi connectivity index (χ1v) is 28.6. The summed E-state index contributed by atoms with van der Waals surface area (Å²) in [6, 6.07) is 2.43. The number of aromatic nitrogens is 2. The normalized spacial score (nSPS) is 16.3. The van der Waals surface area contributed by atoms with Crippen LogP contribution >= 0.6 is 0 Å². The number of aromatic amines is 1. The number of aliphatic carboxylic acids is 6. The molecule has 4 amide bonds. The number of ether oxygens (including phenoxy) is 2. The zero-order valence-electron chi connectivity index (χ0n) is 49.3. The fourth-order valence-electron chi connectivity index (χ4n) is 9.46. The molecule has 0 aliphatic carbocycles. The van der Waals surface area contributed by atoms with Crippen molar-refractivity contribution < 1.29 is 113 Å². The number of H-pyrrole nitrogens is 1. The first-order valence-electron chi connectivity index (χ1n) is 28.6. The maximum absolute atomic E-state index is 13.8. The molecule has 89 heavy (non-hydrogen) atoms. The summed E-state index contributed by atoms with van der Waals surface area (Å²) in [5.41, 5.74) is 0.960. The fourth-order valence-corrected chi connectivity index (χ4v) is 9.46. The minimum atomic E-state index is -1.69. The Morgan fingerprint density at radius 1 is 0.607 bits per heavy atom. The molecule has 0 bridgehead atoms. The van der Waals surface area contributed by atoms with Gasteiger partial charge in [0.1, 0.15) is 24.7 Å². The zero-order chi connectivity index (χ0) is 66.0. The molecule has 33 heteroatoms. The van der Waals surface area contributed by atoms with E-state index in [2.05, 4.69) is 31.2 Å². The third-order valence-electron chi connectivity index (χ3n) is 14.3. The third kappa shape index (κ3) is 30.1. The van der Waals surface area contributed by atoms with Crippen LogP contribution in [0.2, 0.25) is 0 Å². The molecule has 0 radical (unpaired) electrons. The average molecular weight is 1260 g/mol. The molecule has 1 fully saturated rings. The second-order valence-corrected chi connectivity index (χ2v) is 21.2. The Bertz CT molecular complexity index is 2630. The average Bonchev–Trinajstić information content (AvgIpc) is 3.18. The van der Waals surface area contributed by atoms with E-state index in [-0.39, 0.29) is 104 Å². The molecule has 2 aromatic rings. The Labute approximate surface area is 511 Å². The Kier molecular flexibility index (Phi) is 34.1. The number of Topliss-reactive ketones (excluding diaryl/α,β-unsaturated/α-hetero) is 3. The summed E-state index contributed by atoms with van der Waals surface area (Å²) >= 11 is 0. The van der Waals surface area contributed by atoms with Crippen LogP contribution in [0.3, 0.4) is 0 Å². The molecular weight excluding hydrogens is 1180 g/mol. The number of rotatable bonds is 42. The number of hydrogen-bond donors (Lipinski definition) is 10. The largest absolute Gasteiger partial charge is 0.549 e. The van der Waals surface area contributed by atoms with Gasteiger partial charge in [-0.25, -0.2) is 9.78 Å². The summed E-state index contributed by atoms with van der Waals surface area (Å²) in [6.07, 6.45) is -0.690. The number of amides is 4. The fraction of sp³-hybridized carbons (Fsp3) is 0.607. The number of carboxylic acid groups (broad SMARTS) is 6. The van der Waals surface area contributed by atoms with Gasteiger partial charge in [0, 0.05) is 128 Å². The van der Waals surface area contributed by atoms with E-state index in [0.717, 1.165) is 0 Å². The summed E-state index contributed by atoms with van der Waals surface area (Å²) in [5.74, 6) is -18.1. The number of hydrogen-bond acceptors (Lipinski definition) is 25. The number of ketones is 3. The number of nitrogens with one attached hydrogen (secondary N) is 5. The monoisotopic (exact) mass is 1260 g/mol. The van der Waals surface area contributed by atoms with Gasteiger partial charge in [0.15, 0.2) is 17.3 Å². The second-order valence-electron chi connectivity index (χ2n) is 21.2. The van der Waals surface area contributed by atoms with E-state index >= 15 is 0 Å². The van der Waals surface area contributed by atoms with Crippen LogP contribution in [0.25, 0.3) is 0 Å². The molecule has 0 spiro atoms. The van der Waals surface area contributed by atoms with Crippen LogP contribution in [0.4, 0.5) is 0 Å². The van der Waals surface area contributed by atoms with Gasteiger partial charge in [0.05, 0.1) is 81.6 Å². The number of carbonyl (C=O) groups is 13. The van der Waals surface area contributed by atoms with Gasteiger partial charge >= 0.3 is 17.9 Å². The van der Waals surface area contributed by atoms with Crippen molar-refractivity contribution in [2.45, 2.75) is 82.5 Å². The van der Waals surface area contributed by atoms with Gasteiger partial charge in [-0.05, 0) is 25.3 Å². The van der Waals surface area contributed by atoms with Crippen LogP contribution in [0.15, 0.2) is 42.9 Å². The van der Waals surface area contributed by atoms with Crippen LogP contribution in [0.5, 0.6) is 0 Å². The number of aliphatic hydroxyl groups is 2. The van der Waals surface area contributed by atoms with Gasteiger partial charge in [0.2, 0.25) is 23.6 Å². The number of imidazole rings is 1. The smallest absolute Gasteiger partial charge is 0.328 e. The Hall–Kier alpha value is -8.18. The molecule has 1 unspecified atom stereocenters. The van der Waals surface area contributed by atoms with Gasteiger partial charge in [-0.15, -0.1) is 0 Å². The van der Waals surface area contributed by atoms with E-state index in [9.17, 15) is 103 Å². The van der Waals surface area contributed by atoms with Crippen LogP contribution in [-0.4, -0.2) is 274 Å². The summed E-state index contributed by atoms with van der Waals surface area (Å²) in [7, 11) is 0. The van der Waals surface area contributed by atoms with E-state index in [1.165, 1.54) is 39.0 Å². The van der Waals surface area contributed by atoms with Crippen molar-refractivity contribution in [3.8, 4) is 0 Å². The van der Waals surface area contributed by atoms with Crippen molar-refractivity contribution in [3.63, 3.8) is 0 Å². The van der Waals surface area contributed by atoms with Crippen molar-refractivity contribution in [3.05, 3.63) is 54.1 Å². The molecule has 1 aliphatic rings. The number of carbonyl (C=O) groups excluding carboxylic acids is 10. The van der Waals surface area contributed by atoms with Gasteiger partial charge in [-0.1, -0.05) is 30.3 Å². The minimum absolute atomic E-state index is 0.00148. The molecule has 10 N–H and O–H groups in total. The highest BCUT2D eigenvalue weighted by Gasteiger charge is 2.35. The van der Waals surface area contributed by atoms with E-state index in [0.29, 0.717) is 11.3 Å². The van der Waals surface area contributed by atoms with Crippen molar-refractivity contribution in [1.29, 1.82) is 0 Å². The van der Waals surface area contributed by atoms with E-state index < -0.39 is 184 Å². The lowest BCUT2D eigenvalue weighted by Crippen LogP contribution is -2.53. The Morgan fingerprint density at radius 2 is 1.12 bits per heavy atom. The molecule has 1 aromatic carbocycles. The minimum Gasteiger partial charge on any atom is -0.549 e. The summed E-state index contributed by atoms with van der Waals surface area (Å²) < 4.78 is 10.8. The topological polar surface area (TPSA) is 500 Å². The van der Waals surface area contributed by atoms with Crippen LogP contribution in [0.1, 0.15) is 56.7 Å². The van der Waals surface area contributed by atoms with Gasteiger partial charge < -0.3 is 91.0 Å². The Balaban J connectivity index is 1.51. The zero-order valence-corrected chi connectivity index (χ0v) is 49.3. The van der Waals surface area contributed by atoms with Crippen molar-refractivity contribution in [2.75, 3.05) is 118 Å². The molecule has 0 saturated carbocycles. The lowest BCUT2D eigenvalue weighted by molar-refractivity contribution is -0.308. The van der Waals surface area contributed by atoms with Crippen molar-refractivity contribution in [2.24, 2.45) is 17.8 Å². The molecule has 1 saturated heterocycles. The quantitative estimate of drug-likeness (QED) is 0.0276. The molecule has 2 heterocycles.